The summed E-state index contributed by atoms with van der Waals surface area (Å²) in [6, 6.07) is 19.6. The van der Waals surface area contributed by atoms with Crippen molar-refractivity contribution in [1.82, 2.24) is 4.98 Å². The molecule has 0 amide bonds. The fourth-order valence-corrected chi connectivity index (χ4v) is 4.22. The Kier molecular flexibility index (Phi) is 7.48. The summed E-state index contributed by atoms with van der Waals surface area (Å²) in [7, 11) is 0. The molecule has 7 nitrogen and oxygen atoms in total. The van der Waals surface area contributed by atoms with Crippen molar-refractivity contribution in [2.45, 2.75) is 26.2 Å². The first-order chi connectivity index (χ1) is 17.8. The Balaban J connectivity index is 1.71. The second-order valence-corrected chi connectivity index (χ2v) is 8.68. The maximum absolute atomic E-state index is 15.6. The third kappa shape index (κ3) is 5.75. The standard InChI is InChI=1S/C29H25FN2O5/c1-17-6-3-4-9-23(17)25(15-27(32-36)20-12-18(2)28(33)31-16-20)24-11-10-22(14-26(24)30)37-21-8-5-7-19(13-21)29(34)35/h3-14,16,25,36H,15H2,1-2H3,(H,31,33)(H,34,35)/b32-27+. The Morgan fingerprint density at radius 2 is 1.70 bits per heavy atom. The van der Waals surface area contributed by atoms with Crippen molar-refractivity contribution < 1.29 is 24.2 Å². The minimum absolute atomic E-state index is 0.0579. The fraction of sp³-hybridized carbons (Fsp3) is 0.138. The Hall–Kier alpha value is -4.72. The van der Waals surface area contributed by atoms with Gasteiger partial charge in [0.2, 0.25) is 0 Å². The largest absolute Gasteiger partial charge is 0.478 e. The molecule has 1 heterocycles. The highest BCUT2D eigenvalue weighted by atomic mass is 19.1. The van der Waals surface area contributed by atoms with Gasteiger partial charge in [0, 0.05) is 35.7 Å². The maximum atomic E-state index is 15.6. The SMILES string of the molecule is Cc1ccccc1C(C/C(=N\O)c1c[nH]c(=O)c(C)c1)c1ccc(Oc2cccc(C(=O)O)c2)cc1F. The number of aromatic carboxylic acids is 1. The first kappa shape index (κ1) is 25.4. The number of aryl methyl sites for hydroxylation is 2. The van der Waals surface area contributed by atoms with Crippen LogP contribution in [0, 0.1) is 19.7 Å². The molecule has 8 heteroatoms. The van der Waals surface area contributed by atoms with Gasteiger partial charge in [-0.25, -0.2) is 9.18 Å². The highest BCUT2D eigenvalue weighted by Gasteiger charge is 2.24. The number of hydrogen-bond donors (Lipinski definition) is 3. The van der Waals surface area contributed by atoms with E-state index in [1.807, 2.05) is 31.2 Å². The highest BCUT2D eigenvalue weighted by Crippen LogP contribution is 2.35. The Morgan fingerprint density at radius 1 is 0.946 bits per heavy atom. The zero-order chi connectivity index (χ0) is 26.5. The van der Waals surface area contributed by atoms with Gasteiger partial charge in [-0.3, -0.25) is 4.79 Å². The Morgan fingerprint density at radius 3 is 2.38 bits per heavy atom. The van der Waals surface area contributed by atoms with Gasteiger partial charge < -0.3 is 20.0 Å². The van der Waals surface area contributed by atoms with E-state index in [2.05, 4.69) is 10.1 Å². The van der Waals surface area contributed by atoms with E-state index in [1.165, 1.54) is 24.4 Å². The van der Waals surface area contributed by atoms with Crippen LogP contribution < -0.4 is 10.3 Å². The molecule has 188 valence electrons. The third-order valence-electron chi connectivity index (χ3n) is 6.17. The molecule has 0 spiro atoms. The molecule has 0 aliphatic heterocycles. The number of halogens is 1. The lowest BCUT2D eigenvalue weighted by molar-refractivity contribution is 0.0696. The first-order valence-electron chi connectivity index (χ1n) is 11.5. The van der Waals surface area contributed by atoms with Crippen LogP contribution in [-0.4, -0.2) is 27.0 Å². The molecule has 4 aromatic rings. The van der Waals surface area contributed by atoms with Crippen molar-refractivity contribution >= 4 is 11.7 Å². The van der Waals surface area contributed by atoms with Crippen molar-refractivity contribution in [2.24, 2.45) is 5.16 Å². The number of ether oxygens (including phenoxy) is 1. The van der Waals surface area contributed by atoms with Gasteiger partial charge >= 0.3 is 5.97 Å². The van der Waals surface area contributed by atoms with E-state index in [9.17, 15) is 19.9 Å². The minimum atomic E-state index is -1.09. The van der Waals surface area contributed by atoms with Gasteiger partial charge in [0.1, 0.15) is 17.3 Å². The van der Waals surface area contributed by atoms with E-state index in [1.54, 1.807) is 37.3 Å². The average Bonchev–Trinajstić information content (AvgIpc) is 2.88. The number of aromatic nitrogens is 1. The second-order valence-electron chi connectivity index (χ2n) is 8.68. The van der Waals surface area contributed by atoms with Crippen LogP contribution in [0.3, 0.4) is 0 Å². The van der Waals surface area contributed by atoms with E-state index >= 15 is 4.39 Å². The molecule has 0 fully saturated rings. The number of pyridine rings is 1. The Labute approximate surface area is 212 Å². The van der Waals surface area contributed by atoms with E-state index in [-0.39, 0.29) is 34.8 Å². The molecule has 0 radical (unpaired) electrons. The molecule has 0 bridgehead atoms. The number of benzene rings is 3. The van der Waals surface area contributed by atoms with Gasteiger partial charge in [-0.2, -0.15) is 0 Å². The van der Waals surface area contributed by atoms with E-state index in [0.29, 0.717) is 16.7 Å². The van der Waals surface area contributed by atoms with Gasteiger partial charge in [-0.1, -0.05) is 41.6 Å². The van der Waals surface area contributed by atoms with Crippen LogP contribution in [0.1, 0.15) is 50.5 Å². The molecule has 0 saturated carbocycles. The summed E-state index contributed by atoms with van der Waals surface area (Å²) in [5.74, 6) is -1.66. The normalized spacial score (nSPS) is 12.2. The molecule has 3 N–H and O–H groups in total. The first-order valence-corrected chi connectivity index (χ1v) is 11.5. The maximum Gasteiger partial charge on any atom is 0.335 e. The summed E-state index contributed by atoms with van der Waals surface area (Å²) in [6.45, 7) is 3.58. The minimum Gasteiger partial charge on any atom is -0.478 e. The van der Waals surface area contributed by atoms with Gasteiger partial charge in [0.05, 0.1) is 11.3 Å². The molecule has 1 aromatic heterocycles. The molecular formula is C29H25FN2O5. The number of oxime groups is 1. The van der Waals surface area contributed by atoms with Crippen molar-refractivity contribution in [1.29, 1.82) is 0 Å². The number of hydrogen-bond acceptors (Lipinski definition) is 5. The number of carboxylic acid groups (broad SMARTS) is 1. The number of carbonyl (C=O) groups is 1. The molecule has 3 aromatic carbocycles. The topological polar surface area (TPSA) is 112 Å². The zero-order valence-electron chi connectivity index (χ0n) is 20.2. The Bertz CT molecular complexity index is 1540. The monoisotopic (exact) mass is 500 g/mol. The summed E-state index contributed by atoms with van der Waals surface area (Å²) >= 11 is 0. The fourth-order valence-electron chi connectivity index (χ4n) is 4.22. The quantitative estimate of drug-likeness (QED) is 0.156. The van der Waals surface area contributed by atoms with Crippen molar-refractivity contribution in [2.75, 3.05) is 0 Å². The zero-order valence-corrected chi connectivity index (χ0v) is 20.2. The number of rotatable bonds is 8. The van der Waals surface area contributed by atoms with Crippen LogP contribution in [0.2, 0.25) is 0 Å². The van der Waals surface area contributed by atoms with Gasteiger partial charge in [-0.05, 0) is 60.9 Å². The van der Waals surface area contributed by atoms with Gasteiger partial charge in [-0.15, -0.1) is 0 Å². The van der Waals surface area contributed by atoms with Crippen molar-refractivity contribution in [3.05, 3.63) is 129 Å². The second kappa shape index (κ2) is 10.9. The van der Waals surface area contributed by atoms with Crippen LogP contribution in [0.4, 0.5) is 4.39 Å². The molecule has 0 aliphatic rings. The molecule has 4 rings (SSSR count). The lowest BCUT2D eigenvalue weighted by Gasteiger charge is -2.22. The lowest BCUT2D eigenvalue weighted by atomic mass is 9.83. The summed E-state index contributed by atoms with van der Waals surface area (Å²) < 4.78 is 21.3. The number of aromatic amines is 1. The molecule has 0 saturated heterocycles. The summed E-state index contributed by atoms with van der Waals surface area (Å²) in [5.41, 5.74) is 3.25. The molecule has 1 atom stereocenters. The average molecular weight is 501 g/mol. The third-order valence-corrected chi connectivity index (χ3v) is 6.17. The lowest BCUT2D eigenvalue weighted by Crippen LogP contribution is -2.16. The summed E-state index contributed by atoms with van der Waals surface area (Å²) in [5, 5.41) is 22.5. The number of H-pyrrole nitrogens is 1. The van der Waals surface area contributed by atoms with Crippen molar-refractivity contribution in [3.8, 4) is 11.5 Å². The van der Waals surface area contributed by atoms with Gasteiger partial charge in [0.15, 0.2) is 0 Å². The number of carboxylic acids is 1. The van der Waals surface area contributed by atoms with Crippen LogP contribution in [0.15, 0.2) is 88.9 Å². The molecule has 1 unspecified atom stereocenters. The predicted octanol–water partition coefficient (Wildman–Crippen LogP) is 6.02. The van der Waals surface area contributed by atoms with Gasteiger partial charge in [0.25, 0.3) is 5.56 Å². The predicted molar refractivity (Wildman–Crippen MR) is 138 cm³/mol. The van der Waals surface area contributed by atoms with Crippen LogP contribution >= 0.6 is 0 Å². The smallest absolute Gasteiger partial charge is 0.335 e. The van der Waals surface area contributed by atoms with E-state index < -0.39 is 17.7 Å². The van der Waals surface area contributed by atoms with Crippen LogP contribution in [0.25, 0.3) is 0 Å². The number of nitrogens with one attached hydrogen (secondary N) is 1. The van der Waals surface area contributed by atoms with Crippen molar-refractivity contribution in [3.63, 3.8) is 0 Å². The van der Waals surface area contributed by atoms with Crippen LogP contribution in [0.5, 0.6) is 11.5 Å². The molecular weight excluding hydrogens is 475 g/mol. The van der Waals surface area contributed by atoms with Crippen LogP contribution in [-0.2, 0) is 0 Å². The summed E-state index contributed by atoms with van der Waals surface area (Å²) in [6.07, 6.45) is 1.63. The summed E-state index contributed by atoms with van der Waals surface area (Å²) in [4.78, 5) is 25.7. The number of nitrogens with zero attached hydrogens (tertiary/aromatic N) is 1. The van der Waals surface area contributed by atoms with E-state index in [0.717, 1.165) is 11.1 Å². The molecule has 37 heavy (non-hydrogen) atoms. The molecule has 0 aliphatic carbocycles. The highest BCUT2D eigenvalue weighted by molar-refractivity contribution is 6.00. The van der Waals surface area contributed by atoms with E-state index in [4.69, 9.17) is 4.74 Å².